The lowest BCUT2D eigenvalue weighted by Gasteiger charge is -2.10. The van der Waals surface area contributed by atoms with Crippen LogP contribution in [-0.4, -0.2) is 48.9 Å². The molecule has 2 rings (SSSR count). The highest BCUT2D eigenvalue weighted by atomic mass is 35.5. The predicted molar refractivity (Wildman–Crippen MR) is 104 cm³/mol. The smallest absolute Gasteiger partial charge is 0.269 e. The first-order valence-corrected chi connectivity index (χ1v) is 8.78. The fraction of sp³-hybridized carbons (Fsp3) is 0.278. The number of rotatable bonds is 7. The Morgan fingerprint density at radius 1 is 1.12 bits per heavy atom. The van der Waals surface area contributed by atoms with E-state index in [2.05, 4.69) is 15.6 Å². The van der Waals surface area contributed by atoms with Gasteiger partial charge in [-0.15, -0.1) is 0 Å². The first-order chi connectivity index (χ1) is 12.4. The Morgan fingerprint density at radius 2 is 1.88 bits per heavy atom. The van der Waals surface area contributed by atoms with Crippen molar-refractivity contribution in [2.24, 2.45) is 0 Å². The molecule has 0 bridgehead atoms. The number of carbonyl (C=O) groups is 2. The molecule has 0 aliphatic carbocycles. The van der Waals surface area contributed by atoms with Gasteiger partial charge in [0, 0.05) is 23.3 Å². The summed E-state index contributed by atoms with van der Waals surface area (Å²) in [6, 6.07) is 7.75. The maximum atomic E-state index is 12.4. The largest absolute Gasteiger partial charge is 0.351 e. The number of pyridine rings is 1. The summed E-state index contributed by atoms with van der Waals surface area (Å²) in [6.07, 6.45) is 2.25. The van der Waals surface area contributed by atoms with Crippen LogP contribution >= 0.6 is 23.2 Å². The molecule has 8 heteroatoms. The van der Waals surface area contributed by atoms with E-state index in [0.29, 0.717) is 27.8 Å². The summed E-state index contributed by atoms with van der Waals surface area (Å²) in [4.78, 5) is 30.6. The normalized spacial score (nSPS) is 10.7. The van der Waals surface area contributed by atoms with Crippen LogP contribution in [0.5, 0.6) is 0 Å². The molecule has 0 fully saturated rings. The number of carbonyl (C=O) groups excluding carboxylic acids is 2. The molecule has 2 N–H and O–H groups in total. The van der Waals surface area contributed by atoms with E-state index in [4.69, 9.17) is 23.2 Å². The van der Waals surface area contributed by atoms with Crippen LogP contribution < -0.4 is 10.6 Å². The molecule has 1 aromatic heterocycles. The van der Waals surface area contributed by atoms with E-state index < -0.39 is 5.91 Å². The van der Waals surface area contributed by atoms with Crippen molar-refractivity contribution in [3.05, 3.63) is 57.8 Å². The second kappa shape index (κ2) is 9.52. The zero-order valence-corrected chi connectivity index (χ0v) is 16.1. The Bertz CT molecular complexity index is 797. The summed E-state index contributed by atoms with van der Waals surface area (Å²) in [7, 11) is 3.94. The predicted octanol–water partition coefficient (Wildman–Crippen LogP) is 3.32. The maximum Gasteiger partial charge on any atom is 0.269 e. The van der Waals surface area contributed by atoms with Gasteiger partial charge in [0.15, 0.2) is 0 Å². The molecule has 2 aromatic rings. The molecule has 0 unspecified atom stereocenters. The molecule has 0 saturated heterocycles. The van der Waals surface area contributed by atoms with Gasteiger partial charge in [-0.25, -0.2) is 0 Å². The molecule has 0 saturated carbocycles. The van der Waals surface area contributed by atoms with Gasteiger partial charge < -0.3 is 15.5 Å². The van der Waals surface area contributed by atoms with Crippen molar-refractivity contribution in [1.82, 2.24) is 15.2 Å². The number of nitrogens with one attached hydrogen (secondary N) is 2. The molecule has 26 heavy (non-hydrogen) atoms. The van der Waals surface area contributed by atoms with E-state index in [1.54, 1.807) is 18.2 Å². The lowest BCUT2D eigenvalue weighted by atomic mass is 10.2. The Kier molecular flexibility index (Phi) is 7.38. The van der Waals surface area contributed by atoms with Crippen molar-refractivity contribution in [1.29, 1.82) is 0 Å². The van der Waals surface area contributed by atoms with Crippen LogP contribution in [0.25, 0.3) is 0 Å². The van der Waals surface area contributed by atoms with E-state index >= 15 is 0 Å². The second-order valence-corrected chi connectivity index (χ2v) is 6.76. The van der Waals surface area contributed by atoms with Crippen LogP contribution in [0.2, 0.25) is 10.0 Å². The minimum absolute atomic E-state index is 0.180. The standard InChI is InChI=1S/C18H20Cl2N4O2/c1-24(2)9-3-7-22-18(26)16-10-12(6-8-21-16)17(25)23-15-11-13(19)4-5-14(15)20/h4-6,8,10-11H,3,7,9H2,1-2H3,(H,22,26)(H,23,25). The van der Waals surface area contributed by atoms with Crippen molar-refractivity contribution >= 4 is 40.7 Å². The third kappa shape index (κ3) is 5.98. The number of hydrogen-bond donors (Lipinski definition) is 2. The van der Waals surface area contributed by atoms with Crippen LogP contribution in [0.1, 0.15) is 27.3 Å². The Hall–Kier alpha value is -2.15. The van der Waals surface area contributed by atoms with Gasteiger partial charge in [-0.1, -0.05) is 23.2 Å². The average molecular weight is 395 g/mol. The molecule has 2 amide bonds. The lowest BCUT2D eigenvalue weighted by Crippen LogP contribution is -2.28. The number of anilines is 1. The van der Waals surface area contributed by atoms with Crippen LogP contribution in [0, 0.1) is 0 Å². The first-order valence-electron chi connectivity index (χ1n) is 8.02. The van der Waals surface area contributed by atoms with Crippen LogP contribution in [0.15, 0.2) is 36.5 Å². The molecule has 0 radical (unpaired) electrons. The summed E-state index contributed by atoms with van der Waals surface area (Å²) >= 11 is 12.0. The van der Waals surface area contributed by atoms with E-state index in [9.17, 15) is 9.59 Å². The van der Waals surface area contributed by atoms with Gasteiger partial charge in [-0.05, 0) is 57.4 Å². The van der Waals surface area contributed by atoms with Crippen LogP contribution in [0.3, 0.4) is 0 Å². The van der Waals surface area contributed by atoms with Crippen molar-refractivity contribution in [3.8, 4) is 0 Å². The summed E-state index contributed by atoms with van der Waals surface area (Å²) in [6.45, 7) is 1.41. The third-order valence-electron chi connectivity index (χ3n) is 3.50. The number of hydrogen-bond acceptors (Lipinski definition) is 4. The molecular weight excluding hydrogens is 375 g/mol. The topological polar surface area (TPSA) is 74.3 Å². The minimum Gasteiger partial charge on any atom is -0.351 e. The SMILES string of the molecule is CN(C)CCCNC(=O)c1cc(C(=O)Nc2cc(Cl)ccc2Cl)ccn1. The maximum absolute atomic E-state index is 12.4. The highest BCUT2D eigenvalue weighted by molar-refractivity contribution is 6.35. The number of halogens is 2. The van der Waals surface area contributed by atoms with Crippen molar-refractivity contribution in [2.45, 2.75) is 6.42 Å². The molecular formula is C18H20Cl2N4O2. The molecule has 6 nitrogen and oxygen atoms in total. The zero-order chi connectivity index (χ0) is 19.1. The Labute approximate surface area is 162 Å². The Balaban J connectivity index is 2.02. The minimum atomic E-state index is -0.404. The summed E-state index contributed by atoms with van der Waals surface area (Å²) in [5.41, 5.74) is 0.879. The molecule has 0 aliphatic heterocycles. The lowest BCUT2D eigenvalue weighted by molar-refractivity contribution is 0.0947. The highest BCUT2D eigenvalue weighted by Gasteiger charge is 2.13. The van der Waals surface area contributed by atoms with Gasteiger partial charge in [0.1, 0.15) is 5.69 Å². The van der Waals surface area contributed by atoms with Gasteiger partial charge >= 0.3 is 0 Å². The van der Waals surface area contributed by atoms with Crippen molar-refractivity contribution in [2.75, 3.05) is 32.5 Å². The first kappa shape index (κ1) is 20.2. The number of amides is 2. The zero-order valence-electron chi connectivity index (χ0n) is 14.6. The van der Waals surface area contributed by atoms with E-state index in [1.807, 2.05) is 19.0 Å². The number of aromatic nitrogens is 1. The van der Waals surface area contributed by atoms with Crippen molar-refractivity contribution < 1.29 is 9.59 Å². The van der Waals surface area contributed by atoms with Crippen LogP contribution in [-0.2, 0) is 0 Å². The van der Waals surface area contributed by atoms with Crippen LogP contribution in [0.4, 0.5) is 5.69 Å². The average Bonchev–Trinajstić information content (AvgIpc) is 2.61. The fourth-order valence-corrected chi connectivity index (χ4v) is 2.51. The molecule has 0 atom stereocenters. The quantitative estimate of drug-likeness (QED) is 0.706. The Morgan fingerprint density at radius 3 is 2.62 bits per heavy atom. The van der Waals surface area contributed by atoms with Gasteiger partial charge in [0.25, 0.3) is 11.8 Å². The summed E-state index contributed by atoms with van der Waals surface area (Å²) in [5, 5.41) is 6.29. The van der Waals surface area contributed by atoms with E-state index in [-0.39, 0.29) is 11.6 Å². The number of benzene rings is 1. The molecule has 0 spiro atoms. The summed E-state index contributed by atoms with van der Waals surface area (Å²) < 4.78 is 0. The fourth-order valence-electron chi connectivity index (χ4n) is 2.17. The summed E-state index contributed by atoms with van der Waals surface area (Å²) in [5.74, 6) is -0.725. The van der Waals surface area contributed by atoms with Gasteiger partial charge in [-0.3, -0.25) is 14.6 Å². The number of nitrogens with zero attached hydrogens (tertiary/aromatic N) is 2. The highest BCUT2D eigenvalue weighted by Crippen LogP contribution is 2.25. The van der Waals surface area contributed by atoms with Gasteiger partial charge in [0.2, 0.25) is 0 Å². The van der Waals surface area contributed by atoms with E-state index in [1.165, 1.54) is 18.3 Å². The van der Waals surface area contributed by atoms with E-state index in [0.717, 1.165) is 13.0 Å². The van der Waals surface area contributed by atoms with Crippen molar-refractivity contribution in [3.63, 3.8) is 0 Å². The third-order valence-corrected chi connectivity index (χ3v) is 4.06. The monoisotopic (exact) mass is 394 g/mol. The molecule has 138 valence electrons. The molecule has 1 aromatic carbocycles. The molecule has 0 aliphatic rings. The molecule has 1 heterocycles. The second-order valence-electron chi connectivity index (χ2n) is 5.92. The van der Waals surface area contributed by atoms with Gasteiger partial charge in [0.05, 0.1) is 10.7 Å². The van der Waals surface area contributed by atoms with Gasteiger partial charge in [-0.2, -0.15) is 0 Å².